The Bertz CT molecular complexity index is 829. The van der Waals surface area contributed by atoms with Crippen molar-refractivity contribution in [3.8, 4) is 0 Å². The number of aryl methyl sites for hydroxylation is 1. The molecule has 3 N–H and O–H groups in total. The zero-order valence-corrected chi connectivity index (χ0v) is 17.7. The van der Waals surface area contributed by atoms with Crippen LogP contribution in [0.15, 0.2) is 53.5 Å². The van der Waals surface area contributed by atoms with Gasteiger partial charge in [0.1, 0.15) is 5.82 Å². The monoisotopic (exact) mass is 483 g/mol. The van der Waals surface area contributed by atoms with Crippen molar-refractivity contribution in [3.05, 3.63) is 64.9 Å². The van der Waals surface area contributed by atoms with Crippen LogP contribution in [0.5, 0.6) is 0 Å². The van der Waals surface area contributed by atoms with Crippen LogP contribution in [0.4, 0.5) is 0 Å². The largest absolute Gasteiger partial charge is 0.356 e. The molecular weight excluding hydrogens is 461 g/mol. The zero-order valence-electron chi connectivity index (χ0n) is 14.6. The lowest BCUT2D eigenvalue weighted by Gasteiger charge is -2.12. The highest BCUT2D eigenvalue weighted by atomic mass is 127. The van der Waals surface area contributed by atoms with Crippen molar-refractivity contribution in [2.24, 2.45) is 4.99 Å². The molecule has 0 aliphatic heterocycles. The molecule has 7 heteroatoms. The number of aromatic amines is 1. The minimum absolute atomic E-state index is 0. The molecule has 0 unspecified atom stereocenters. The first-order valence-electron chi connectivity index (χ1n) is 8.38. The number of imidazole rings is 1. The van der Waals surface area contributed by atoms with Crippen molar-refractivity contribution >= 4 is 52.6 Å². The Balaban J connectivity index is 0.00000243. The zero-order chi connectivity index (χ0) is 17.5. The summed E-state index contributed by atoms with van der Waals surface area (Å²) in [5, 5.41) is 7.35. The van der Waals surface area contributed by atoms with Crippen LogP contribution >= 0.6 is 35.6 Å². The van der Waals surface area contributed by atoms with Crippen LogP contribution in [0.25, 0.3) is 11.0 Å². The molecule has 0 bridgehead atoms. The van der Waals surface area contributed by atoms with Crippen molar-refractivity contribution in [2.75, 3.05) is 13.6 Å². The second kappa shape index (κ2) is 10.4. The van der Waals surface area contributed by atoms with E-state index in [4.69, 9.17) is 11.6 Å². The summed E-state index contributed by atoms with van der Waals surface area (Å²) in [7, 11) is 1.77. The van der Waals surface area contributed by atoms with Gasteiger partial charge >= 0.3 is 0 Å². The van der Waals surface area contributed by atoms with Crippen molar-refractivity contribution < 1.29 is 0 Å². The minimum Gasteiger partial charge on any atom is -0.356 e. The molecule has 2 aromatic carbocycles. The van der Waals surface area contributed by atoms with Gasteiger partial charge in [0.15, 0.2) is 5.96 Å². The van der Waals surface area contributed by atoms with Gasteiger partial charge in [-0.1, -0.05) is 41.9 Å². The molecule has 0 saturated carbocycles. The molecule has 3 aromatic rings. The van der Waals surface area contributed by atoms with E-state index >= 15 is 0 Å². The standard InChI is InChI=1S/C19H22ClN5.HI/c1-21-19(23-13-14-7-2-3-8-15(14)20)22-12-6-11-18-24-16-9-4-5-10-17(16)25-18;/h2-5,7-10H,6,11-13H2,1H3,(H,24,25)(H2,21,22,23);1H. The van der Waals surface area contributed by atoms with Crippen LogP contribution in [0, 0.1) is 0 Å². The number of H-pyrrole nitrogens is 1. The molecule has 0 spiro atoms. The average Bonchev–Trinajstić information content (AvgIpc) is 3.05. The van der Waals surface area contributed by atoms with E-state index in [-0.39, 0.29) is 24.0 Å². The Morgan fingerprint density at radius 3 is 2.65 bits per heavy atom. The molecule has 0 aliphatic rings. The molecule has 0 radical (unpaired) electrons. The molecule has 0 fully saturated rings. The van der Waals surface area contributed by atoms with Gasteiger partial charge in [0.05, 0.1) is 11.0 Å². The Morgan fingerprint density at radius 1 is 1.12 bits per heavy atom. The maximum Gasteiger partial charge on any atom is 0.191 e. The average molecular weight is 484 g/mol. The molecule has 1 heterocycles. The molecule has 0 aliphatic carbocycles. The van der Waals surface area contributed by atoms with Gasteiger partial charge < -0.3 is 15.6 Å². The highest BCUT2D eigenvalue weighted by Gasteiger charge is 2.03. The van der Waals surface area contributed by atoms with Crippen molar-refractivity contribution in [2.45, 2.75) is 19.4 Å². The fourth-order valence-corrected chi connectivity index (χ4v) is 2.83. The van der Waals surface area contributed by atoms with E-state index in [0.717, 1.165) is 52.8 Å². The summed E-state index contributed by atoms with van der Waals surface area (Å²) in [5.74, 6) is 1.78. The van der Waals surface area contributed by atoms with Crippen LogP contribution < -0.4 is 10.6 Å². The first-order chi connectivity index (χ1) is 12.3. The number of hydrogen-bond acceptors (Lipinski definition) is 2. The van der Waals surface area contributed by atoms with Crippen molar-refractivity contribution in [1.29, 1.82) is 0 Å². The number of aliphatic imine (C=N–C) groups is 1. The number of nitrogens with zero attached hydrogens (tertiary/aromatic N) is 2. The van der Waals surface area contributed by atoms with Gasteiger partial charge in [-0.05, 0) is 30.2 Å². The summed E-state index contributed by atoms with van der Waals surface area (Å²) < 4.78 is 0. The molecule has 0 saturated heterocycles. The summed E-state index contributed by atoms with van der Waals surface area (Å²) in [5.41, 5.74) is 3.15. The molecule has 5 nitrogen and oxygen atoms in total. The molecular formula is C19H23ClIN5. The Kier molecular flexibility index (Phi) is 8.18. The summed E-state index contributed by atoms with van der Waals surface area (Å²) in [6.45, 7) is 1.46. The third kappa shape index (κ3) is 5.60. The van der Waals surface area contributed by atoms with Gasteiger partial charge in [0, 0.05) is 31.6 Å². The summed E-state index contributed by atoms with van der Waals surface area (Å²) in [6, 6.07) is 15.9. The number of aromatic nitrogens is 2. The Hall–Kier alpha value is -1.80. The van der Waals surface area contributed by atoms with E-state index in [1.54, 1.807) is 7.05 Å². The van der Waals surface area contributed by atoms with Gasteiger partial charge in [0.25, 0.3) is 0 Å². The van der Waals surface area contributed by atoms with Crippen LogP contribution in [0.1, 0.15) is 17.8 Å². The highest BCUT2D eigenvalue weighted by Crippen LogP contribution is 2.14. The SMILES string of the molecule is CN=C(NCCCc1nc2ccccc2[nH]1)NCc1ccccc1Cl.I. The van der Waals surface area contributed by atoms with Crippen LogP contribution in [0.3, 0.4) is 0 Å². The number of guanidine groups is 1. The van der Waals surface area contributed by atoms with E-state index in [2.05, 4.69) is 25.6 Å². The van der Waals surface area contributed by atoms with Gasteiger partial charge in [-0.2, -0.15) is 0 Å². The lowest BCUT2D eigenvalue weighted by Crippen LogP contribution is -2.37. The van der Waals surface area contributed by atoms with Crippen LogP contribution in [0.2, 0.25) is 5.02 Å². The maximum absolute atomic E-state index is 6.17. The second-order valence-corrected chi connectivity index (χ2v) is 6.16. The summed E-state index contributed by atoms with van der Waals surface area (Å²) in [4.78, 5) is 12.2. The number of hydrogen-bond donors (Lipinski definition) is 3. The number of fused-ring (bicyclic) bond motifs is 1. The molecule has 26 heavy (non-hydrogen) atoms. The van der Waals surface area contributed by atoms with E-state index < -0.39 is 0 Å². The third-order valence-electron chi connectivity index (χ3n) is 3.95. The number of para-hydroxylation sites is 2. The fourth-order valence-electron chi connectivity index (χ4n) is 2.63. The van der Waals surface area contributed by atoms with Crippen molar-refractivity contribution in [1.82, 2.24) is 20.6 Å². The molecule has 138 valence electrons. The normalized spacial score (nSPS) is 11.2. The number of nitrogens with one attached hydrogen (secondary N) is 3. The van der Waals surface area contributed by atoms with Gasteiger partial charge in [-0.3, -0.25) is 4.99 Å². The minimum atomic E-state index is 0. The Labute approximate surface area is 175 Å². The van der Waals surface area contributed by atoms with Gasteiger partial charge in [-0.15, -0.1) is 24.0 Å². The predicted octanol–water partition coefficient (Wildman–Crippen LogP) is 4.13. The number of benzene rings is 2. The molecule has 0 amide bonds. The first kappa shape index (κ1) is 20.5. The fraction of sp³-hybridized carbons (Fsp3) is 0.263. The van der Waals surface area contributed by atoms with Crippen LogP contribution in [-0.2, 0) is 13.0 Å². The second-order valence-electron chi connectivity index (χ2n) is 5.75. The smallest absolute Gasteiger partial charge is 0.191 e. The third-order valence-corrected chi connectivity index (χ3v) is 4.32. The van der Waals surface area contributed by atoms with E-state index in [9.17, 15) is 0 Å². The lowest BCUT2D eigenvalue weighted by atomic mass is 10.2. The van der Waals surface area contributed by atoms with E-state index in [1.165, 1.54) is 0 Å². The van der Waals surface area contributed by atoms with E-state index in [0.29, 0.717) is 6.54 Å². The number of halogens is 2. The topological polar surface area (TPSA) is 65.1 Å². The highest BCUT2D eigenvalue weighted by molar-refractivity contribution is 14.0. The van der Waals surface area contributed by atoms with Gasteiger partial charge in [-0.25, -0.2) is 4.98 Å². The molecule has 0 atom stereocenters. The van der Waals surface area contributed by atoms with Crippen LogP contribution in [-0.4, -0.2) is 29.5 Å². The van der Waals surface area contributed by atoms with Gasteiger partial charge in [0.2, 0.25) is 0 Å². The van der Waals surface area contributed by atoms with E-state index in [1.807, 2.05) is 48.5 Å². The quantitative estimate of drug-likeness (QED) is 0.214. The van der Waals surface area contributed by atoms with Crippen molar-refractivity contribution in [3.63, 3.8) is 0 Å². The lowest BCUT2D eigenvalue weighted by molar-refractivity contribution is 0.726. The summed E-state index contributed by atoms with van der Waals surface area (Å²) >= 11 is 6.17. The number of rotatable bonds is 6. The molecule has 3 rings (SSSR count). The first-order valence-corrected chi connectivity index (χ1v) is 8.75. The molecule has 1 aromatic heterocycles. The maximum atomic E-state index is 6.17. The predicted molar refractivity (Wildman–Crippen MR) is 119 cm³/mol. The Morgan fingerprint density at radius 2 is 1.88 bits per heavy atom. The summed E-state index contributed by atoms with van der Waals surface area (Å²) in [6.07, 6.45) is 1.86.